The molecule has 0 aromatic heterocycles. The third-order valence-corrected chi connectivity index (χ3v) is 2.97. The minimum Gasteiger partial charge on any atom is -0.303 e. The van der Waals surface area contributed by atoms with Gasteiger partial charge in [-0.2, -0.15) is 0 Å². The SMILES string of the molecule is CC(C)=CCC(CC(C)C=O)c1ccccc1. The van der Waals surface area contributed by atoms with Gasteiger partial charge in [-0.05, 0) is 38.2 Å². The zero-order valence-electron chi connectivity index (χ0n) is 11.0. The summed E-state index contributed by atoms with van der Waals surface area (Å²) in [5.41, 5.74) is 2.67. The number of allylic oxidation sites excluding steroid dienone is 2. The van der Waals surface area contributed by atoms with Gasteiger partial charge < -0.3 is 4.79 Å². The highest BCUT2D eigenvalue weighted by molar-refractivity contribution is 5.53. The van der Waals surface area contributed by atoms with E-state index in [9.17, 15) is 4.79 Å². The molecule has 17 heavy (non-hydrogen) atoms. The Labute approximate surface area is 105 Å². The van der Waals surface area contributed by atoms with E-state index in [2.05, 4.69) is 44.2 Å². The van der Waals surface area contributed by atoms with Crippen LogP contribution in [0.3, 0.4) is 0 Å². The van der Waals surface area contributed by atoms with Crippen LogP contribution in [0.25, 0.3) is 0 Å². The maximum Gasteiger partial charge on any atom is 0.122 e. The summed E-state index contributed by atoms with van der Waals surface area (Å²) in [6.45, 7) is 6.22. The number of benzene rings is 1. The smallest absolute Gasteiger partial charge is 0.122 e. The van der Waals surface area contributed by atoms with E-state index in [0.29, 0.717) is 5.92 Å². The molecule has 1 aromatic carbocycles. The van der Waals surface area contributed by atoms with E-state index in [-0.39, 0.29) is 5.92 Å². The van der Waals surface area contributed by atoms with Crippen LogP contribution in [-0.2, 0) is 4.79 Å². The van der Waals surface area contributed by atoms with Crippen LogP contribution in [0.5, 0.6) is 0 Å². The molecule has 0 N–H and O–H groups in total. The third-order valence-electron chi connectivity index (χ3n) is 2.97. The third kappa shape index (κ3) is 4.99. The molecule has 0 saturated carbocycles. The van der Waals surface area contributed by atoms with Gasteiger partial charge in [-0.3, -0.25) is 0 Å². The van der Waals surface area contributed by atoms with Crippen LogP contribution in [0.2, 0.25) is 0 Å². The van der Waals surface area contributed by atoms with Gasteiger partial charge in [0, 0.05) is 5.92 Å². The second kappa shape index (κ2) is 7.05. The van der Waals surface area contributed by atoms with Gasteiger partial charge >= 0.3 is 0 Å². The van der Waals surface area contributed by atoms with Crippen molar-refractivity contribution < 1.29 is 4.79 Å². The number of carbonyl (C=O) groups is 1. The van der Waals surface area contributed by atoms with E-state index in [0.717, 1.165) is 19.1 Å². The van der Waals surface area contributed by atoms with Crippen LogP contribution in [0.1, 0.15) is 45.1 Å². The van der Waals surface area contributed by atoms with Crippen molar-refractivity contribution in [1.82, 2.24) is 0 Å². The molecule has 0 saturated heterocycles. The lowest BCUT2D eigenvalue weighted by molar-refractivity contribution is -0.110. The summed E-state index contributed by atoms with van der Waals surface area (Å²) in [6.07, 6.45) is 5.26. The predicted molar refractivity (Wildman–Crippen MR) is 73.1 cm³/mol. The molecule has 92 valence electrons. The van der Waals surface area contributed by atoms with Crippen LogP contribution >= 0.6 is 0 Å². The molecule has 0 radical (unpaired) electrons. The number of aldehydes is 1. The van der Waals surface area contributed by atoms with Gasteiger partial charge in [0.1, 0.15) is 6.29 Å². The van der Waals surface area contributed by atoms with Gasteiger partial charge in [-0.25, -0.2) is 0 Å². The summed E-state index contributed by atoms with van der Waals surface area (Å²) in [5.74, 6) is 0.581. The first-order chi connectivity index (χ1) is 8.13. The molecule has 1 heteroatoms. The van der Waals surface area contributed by atoms with Crippen LogP contribution in [0.4, 0.5) is 0 Å². The molecule has 0 aliphatic heterocycles. The Kier molecular flexibility index (Phi) is 5.68. The number of rotatable bonds is 6. The van der Waals surface area contributed by atoms with Crippen molar-refractivity contribution in [2.24, 2.45) is 5.92 Å². The molecule has 0 bridgehead atoms. The van der Waals surface area contributed by atoms with Gasteiger partial charge in [-0.15, -0.1) is 0 Å². The maximum absolute atomic E-state index is 10.8. The maximum atomic E-state index is 10.8. The molecule has 0 amide bonds. The van der Waals surface area contributed by atoms with E-state index in [4.69, 9.17) is 0 Å². The van der Waals surface area contributed by atoms with Crippen LogP contribution in [0.15, 0.2) is 42.0 Å². The second-order valence-electron chi connectivity index (χ2n) is 4.97. The minimum atomic E-state index is 0.130. The van der Waals surface area contributed by atoms with Gasteiger partial charge in [0.25, 0.3) is 0 Å². The standard InChI is InChI=1S/C16H22O/c1-13(2)9-10-16(11-14(3)12-17)15-7-5-4-6-8-15/h4-9,12,14,16H,10-11H2,1-3H3. The van der Waals surface area contributed by atoms with Crippen molar-refractivity contribution in [3.8, 4) is 0 Å². The van der Waals surface area contributed by atoms with Gasteiger partial charge in [0.05, 0.1) is 0 Å². The predicted octanol–water partition coefficient (Wildman–Crippen LogP) is 4.35. The molecule has 2 atom stereocenters. The van der Waals surface area contributed by atoms with E-state index in [1.807, 2.05) is 13.0 Å². The van der Waals surface area contributed by atoms with Crippen molar-refractivity contribution in [1.29, 1.82) is 0 Å². The summed E-state index contributed by atoms with van der Waals surface area (Å²) < 4.78 is 0. The normalized spacial score (nSPS) is 13.8. The minimum absolute atomic E-state index is 0.130. The molecule has 0 spiro atoms. The summed E-state index contributed by atoms with van der Waals surface area (Å²) in [7, 11) is 0. The summed E-state index contributed by atoms with van der Waals surface area (Å²) in [6, 6.07) is 10.5. The van der Waals surface area contributed by atoms with Crippen molar-refractivity contribution in [3.63, 3.8) is 0 Å². The Hall–Kier alpha value is -1.37. The highest BCUT2D eigenvalue weighted by Gasteiger charge is 2.13. The zero-order valence-corrected chi connectivity index (χ0v) is 11.0. The first kappa shape index (κ1) is 13.7. The Balaban J connectivity index is 2.79. The van der Waals surface area contributed by atoms with E-state index in [1.165, 1.54) is 11.1 Å². The van der Waals surface area contributed by atoms with Crippen molar-refractivity contribution >= 4 is 6.29 Å². The number of hydrogen-bond acceptors (Lipinski definition) is 1. The Bertz CT molecular complexity index is 360. The molecule has 1 aromatic rings. The lowest BCUT2D eigenvalue weighted by atomic mass is 9.87. The Morgan fingerprint density at radius 1 is 1.24 bits per heavy atom. The summed E-state index contributed by atoms with van der Waals surface area (Å²) in [5, 5.41) is 0. The zero-order chi connectivity index (χ0) is 12.7. The van der Waals surface area contributed by atoms with Crippen LogP contribution in [0, 0.1) is 5.92 Å². The first-order valence-corrected chi connectivity index (χ1v) is 6.27. The lowest BCUT2D eigenvalue weighted by Crippen LogP contribution is -2.05. The summed E-state index contributed by atoms with van der Waals surface area (Å²) in [4.78, 5) is 10.8. The van der Waals surface area contributed by atoms with Crippen LogP contribution in [-0.4, -0.2) is 6.29 Å². The molecule has 1 nitrogen and oxygen atoms in total. The highest BCUT2D eigenvalue weighted by Crippen LogP contribution is 2.27. The average molecular weight is 230 g/mol. The number of carbonyl (C=O) groups excluding carboxylic acids is 1. The largest absolute Gasteiger partial charge is 0.303 e. The van der Waals surface area contributed by atoms with E-state index in [1.54, 1.807) is 0 Å². The molecular formula is C16H22O. The van der Waals surface area contributed by atoms with Crippen molar-refractivity contribution in [2.75, 3.05) is 0 Å². The highest BCUT2D eigenvalue weighted by atomic mass is 16.1. The molecule has 0 fully saturated rings. The molecule has 0 aliphatic carbocycles. The molecule has 0 aliphatic rings. The number of hydrogen-bond donors (Lipinski definition) is 0. The first-order valence-electron chi connectivity index (χ1n) is 6.27. The van der Waals surface area contributed by atoms with Gasteiger partial charge in [0.15, 0.2) is 0 Å². The lowest BCUT2D eigenvalue weighted by Gasteiger charge is -2.17. The molecule has 0 heterocycles. The fraction of sp³-hybridized carbons (Fsp3) is 0.438. The van der Waals surface area contributed by atoms with Gasteiger partial charge in [-0.1, -0.05) is 48.9 Å². The topological polar surface area (TPSA) is 17.1 Å². The Morgan fingerprint density at radius 3 is 2.41 bits per heavy atom. The fourth-order valence-electron chi connectivity index (χ4n) is 1.98. The van der Waals surface area contributed by atoms with Crippen molar-refractivity contribution in [3.05, 3.63) is 47.5 Å². The molecule has 2 unspecified atom stereocenters. The van der Waals surface area contributed by atoms with Crippen LogP contribution < -0.4 is 0 Å². The Morgan fingerprint density at radius 2 is 1.88 bits per heavy atom. The quantitative estimate of drug-likeness (QED) is 0.524. The molecular weight excluding hydrogens is 208 g/mol. The van der Waals surface area contributed by atoms with E-state index < -0.39 is 0 Å². The molecule has 1 rings (SSSR count). The summed E-state index contributed by atoms with van der Waals surface area (Å²) >= 11 is 0. The van der Waals surface area contributed by atoms with Gasteiger partial charge in [0.2, 0.25) is 0 Å². The van der Waals surface area contributed by atoms with Crippen molar-refractivity contribution in [2.45, 2.75) is 39.5 Å². The fourth-order valence-corrected chi connectivity index (χ4v) is 1.98. The monoisotopic (exact) mass is 230 g/mol. The average Bonchev–Trinajstić information content (AvgIpc) is 2.35. The second-order valence-corrected chi connectivity index (χ2v) is 4.97. The van der Waals surface area contributed by atoms with E-state index >= 15 is 0 Å².